The molecule has 0 amide bonds. The van der Waals surface area contributed by atoms with Crippen molar-refractivity contribution < 1.29 is 34.6 Å². The van der Waals surface area contributed by atoms with E-state index in [4.69, 9.17) is 24.2 Å². The first-order valence-electron chi connectivity index (χ1n) is 16.7. The summed E-state index contributed by atoms with van der Waals surface area (Å²) in [5.41, 5.74) is 6.97. The van der Waals surface area contributed by atoms with Crippen molar-refractivity contribution in [1.29, 1.82) is 0 Å². The molecule has 0 bridgehead atoms. The van der Waals surface area contributed by atoms with Crippen molar-refractivity contribution >= 4 is 21.8 Å². The van der Waals surface area contributed by atoms with Crippen LogP contribution in [0, 0.1) is 0 Å². The van der Waals surface area contributed by atoms with Crippen LogP contribution in [-0.4, -0.2) is 44.6 Å². The maximum absolute atomic E-state index is 10.7. The van der Waals surface area contributed by atoms with Gasteiger partial charge in [0.25, 0.3) is 0 Å². The van der Waals surface area contributed by atoms with Crippen LogP contribution in [0.4, 0.5) is 0 Å². The van der Waals surface area contributed by atoms with Gasteiger partial charge in [-0.15, -0.1) is 0 Å². The van der Waals surface area contributed by atoms with Crippen LogP contribution in [0.25, 0.3) is 66.6 Å². The Morgan fingerprint density at radius 2 is 0.792 bits per heavy atom. The molecule has 9 nitrogen and oxygen atoms in total. The molecule has 0 aliphatic rings. The summed E-state index contributed by atoms with van der Waals surface area (Å²) in [7, 11) is 3.24. The lowest BCUT2D eigenvalue weighted by molar-refractivity contribution is 0.415. The van der Waals surface area contributed by atoms with Crippen LogP contribution in [-0.2, 0) is 0 Å². The van der Waals surface area contributed by atoms with Crippen molar-refractivity contribution in [2.24, 2.45) is 0 Å². The second-order valence-corrected chi connectivity index (χ2v) is 12.4. The highest BCUT2D eigenvalue weighted by molar-refractivity contribution is 5.99. The first-order chi connectivity index (χ1) is 25.8. The first kappa shape index (κ1) is 32.9. The topological polar surface area (TPSA) is 134 Å². The summed E-state index contributed by atoms with van der Waals surface area (Å²) in [6.45, 7) is 0. The molecular weight excluding hydrogens is 668 g/mol. The van der Waals surface area contributed by atoms with Gasteiger partial charge in [0.15, 0.2) is 0 Å². The molecule has 4 N–H and O–H groups in total. The van der Waals surface area contributed by atoms with Gasteiger partial charge in [0.2, 0.25) is 0 Å². The summed E-state index contributed by atoms with van der Waals surface area (Å²) < 4.78 is 17.3. The van der Waals surface area contributed by atoms with Crippen LogP contribution in [0.1, 0.15) is 0 Å². The van der Waals surface area contributed by atoms with E-state index in [1.165, 1.54) is 24.3 Å². The van der Waals surface area contributed by atoms with E-state index < -0.39 is 0 Å². The molecule has 2 aromatic heterocycles. The lowest BCUT2D eigenvalue weighted by Gasteiger charge is -2.15. The van der Waals surface area contributed by atoms with Crippen molar-refractivity contribution in [3.63, 3.8) is 0 Å². The fourth-order valence-corrected chi connectivity index (χ4v) is 6.44. The Morgan fingerprint density at radius 1 is 0.396 bits per heavy atom. The lowest BCUT2D eigenvalue weighted by Crippen LogP contribution is -1.93. The van der Waals surface area contributed by atoms with Crippen molar-refractivity contribution in [3.05, 3.63) is 133 Å². The molecule has 6 aromatic carbocycles. The Kier molecular flexibility index (Phi) is 8.36. The highest BCUT2D eigenvalue weighted by atomic mass is 16.5. The van der Waals surface area contributed by atoms with E-state index in [9.17, 15) is 20.4 Å². The van der Waals surface area contributed by atoms with Gasteiger partial charge in [-0.05, 0) is 119 Å². The third kappa shape index (κ3) is 6.43. The highest BCUT2D eigenvalue weighted by Gasteiger charge is 2.17. The third-order valence-electron chi connectivity index (χ3n) is 9.11. The summed E-state index contributed by atoms with van der Waals surface area (Å²) in [4.78, 5) is 9.75. The zero-order valence-electron chi connectivity index (χ0n) is 28.6. The molecule has 9 heteroatoms. The first-order valence-corrected chi connectivity index (χ1v) is 16.7. The second-order valence-electron chi connectivity index (χ2n) is 12.4. The van der Waals surface area contributed by atoms with Crippen molar-refractivity contribution in [2.75, 3.05) is 14.2 Å². The van der Waals surface area contributed by atoms with Gasteiger partial charge in [0.05, 0.1) is 36.6 Å². The number of methoxy groups -OCH3 is 2. The fourth-order valence-electron chi connectivity index (χ4n) is 6.44. The Balaban J connectivity index is 1.23. The van der Waals surface area contributed by atoms with E-state index in [1.807, 2.05) is 97.1 Å². The van der Waals surface area contributed by atoms with E-state index in [2.05, 4.69) is 0 Å². The molecule has 0 unspecified atom stereocenters. The van der Waals surface area contributed by atoms with Gasteiger partial charge in [0, 0.05) is 34.0 Å². The zero-order chi connectivity index (χ0) is 36.6. The Labute approximate surface area is 304 Å². The average Bonchev–Trinajstić information content (AvgIpc) is 3.17. The largest absolute Gasteiger partial charge is 0.508 e. The van der Waals surface area contributed by atoms with Gasteiger partial charge in [-0.1, -0.05) is 24.3 Å². The number of aromatic nitrogens is 2. The number of aromatic hydroxyl groups is 4. The number of ether oxygens (including phenoxy) is 3. The molecule has 8 rings (SSSR count). The summed E-state index contributed by atoms with van der Waals surface area (Å²) in [5.74, 6) is 2.37. The number of phenolic OH excluding ortho intramolecular Hbond substituents is 4. The second kappa shape index (κ2) is 13.5. The van der Waals surface area contributed by atoms with Gasteiger partial charge in [0.1, 0.15) is 46.0 Å². The number of hydrogen-bond donors (Lipinski definition) is 4. The molecule has 260 valence electrons. The minimum Gasteiger partial charge on any atom is -0.508 e. The maximum atomic E-state index is 10.7. The van der Waals surface area contributed by atoms with E-state index in [0.717, 1.165) is 44.5 Å². The molecule has 0 saturated carbocycles. The molecule has 0 aliphatic carbocycles. The number of nitrogens with zero attached hydrogens (tertiary/aromatic N) is 2. The normalized spacial score (nSPS) is 11.1. The van der Waals surface area contributed by atoms with Crippen LogP contribution >= 0.6 is 0 Å². The Hall–Kier alpha value is -7.26. The third-order valence-corrected chi connectivity index (χ3v) is 9.11. The highest BCUT2D eigenvalue weighted by Crippen LogP contribution is 2.41. The standard InChI is InChI=1S/C44H32N2O7/c1-51-29-9-3-25(4-10-29)35-23-41(33-15-7-27(47)19-43(33)49)45-39-17-13-31(21-37(35)39)53-32-14-18-40-38(22-32)36(26-5-11-30(52-2)12-6-26)24-42(46-40)34-16-8-28(48)20-44(34)50/h3-24,47-50H,1-2H3. The van der Waals surface area contributed by atoms with Gasteiger partial charge in [-0.3, -0.25) is 0 Å². The maximum Gasteiger partial charge on any atom is 0.128 e. The molecule has 0 spiro atoms. The Bertz CT molecular complexity index is 2470. The van der Waals surface area contributed by atoms with Gasteiger partial charge >= 0.3 is 0 Å². The quantitative estimate of drug-likeness (QED) is 0.122. The molecule has 0 atom stereocenters. The van der Waals surface area contributed by atoms with Gasteiger partial charge in [-0.2, -0.15) is 0 Å². The summed E-state index contributed by atoms with van der Waals surface area (Å²) in [6, 6.07) is 39.4. The minimum atomic E-state index is -0.0794. The van der Waals surface area contributed by atoms with Crippen molar-refractivity contribution in [1.82, 2.24) is 9.97 Å². The summed E-state index contributed by atoms with van der Waals surface area (Å²) >= 11 is 0. The predicted molar refractivity (Wildman–Crippen MR) is 205 cm³/mol. The number of rotatable bonds is 8. The predicted octanol–water partition coefficient (Wildman–Crippen LogP) is 10.1. The van der Waals surface area contributed by atoms with Crippen LogP contribution in [0.2, 0.25) is 0 Å². The average molecular weight is 701 g/mol. The van der Waals surface area contributed by atoms with Crippen molar-refractivity contribution in [3.8, 4) is 90.8 Å². The fraction of sp³-hybridized carbons (Fsp3) is 0.0455. The number of benzene rings is 6. The molecule has 2 heterocycles. The SMILES string of the molecule is COc1ccc(-c2cc(-c3ccc(O)cc3O)nc3ccc(Oc4ccc5nc(-c6ccc(O)cc6O)cc(-c6ccc(OC)cc6)c5c4)cc23)cc1. The van der Waals surface area contributed by atoms with Gasteiger partial charge in [-0.25, -0.2) is 9.97 Å². The van der Waals surface area contributed by atoms with E-state index in [-0.39, 0.29) is 23.0 Å². The smallest absolute Gasteiger partial charge is 0.128 e. The molecule has 0 radical (unpaired) electrons. The molecular formula is C44H32N2O7. The number of phenols is 4. The van der Waals surface area contributed by atoms with Crippen LogP contribution in [0.5, 0.6) is 46.0 Å². The number of fused-ring (bicyclic) bond motifs is 2. The van der Waals surface area contributed by atoms with E-state index >= 15 is 0 Å². The monoisotopic (exact) mass is 700 g/mol. The lowest BCUT2D eigenvalue weighted by atomic mass is 9.97. The van der Waals surface area contributed by atoms with Crippen LogP contribution in [0.3, 0.4) is 0 Å². The van der Waals surface area contributed by atoms with Gasteiger partial charge < -0.3 is 34.6 Å². The number of pyridine rings is 2. The van der Waals surface area contributed by atoms with E-state index in [0.29, 0.717) is 45.0 Å². The zero-order valence-corrected chi connectivity index (χ0v) is 28.6. The minimum absolute atomic E-state index is 0.0399. The molecule has 0 fully saturated rings. The molecule has 53 heavy (non-hydrogen) atoms. The molecule has 0 saturated heterocycles. The van der Waals surface area contributed by atoms with Crippen LogP contribution < -0.4 is 14.2 Å². The van der Waals surface area contributed by atoms with E-state index in [1.54, 1.807) is 26.4 Å². The summed E-state index contributed by atoms with van der Waals surface area (Å²) in [5, 5.41) is 42.8. The van der Waals surface area contributed by atoms with Crippen molar-refractivity contribution in [2.45, 2.75) is 0 Å². The molecule has 0 aliphatic heterocycles. The number of hydrogen-bond acceptors (Lipinski definition) is 9. The summed E-state index contributed by atoms with van der Waals surface area (Å²) in [6.07, 6.45) is 0. The molecule has 8 aromatic rings. The van der Waals surface area contributed by atoms with Crippen LogP contribution in [0.15, 0.2) is 133 Å². The Morgan fingerprint density at radius 3 is 1.17 bits per heavy atom.